The number of hydrogen-bond donors (Lipinski definition) is 1. The molecule has 2 rings (SSSR count). The summed E-state index contributed by atoms with van der Waals surface area (Å²) in [6.45, 7) is 3.85. The molecule has 2 aromatic rings. The van der Waals surface area contributed by atoms with Crippen molar-refractivity contribution in [3.05, 3.63) is 59.9 Å². The average molecular weight is 245 g/mol. The van der Waals surface area contributed by atoms with Gasteiger partial charge in [-0.3, -0.25) is 0 Å². The fourth-order valence-electron chi connectivity index (χ4n) is 1.77. The van der Waals surface area contributed by atoms with Crippen LogP contribution in [0.2, 0.25) is 0 Å². The third kappa shape index (κ3) is 2.62. The van der Waals surface area contributed by atoms with Gasteiger partial charge in [0.1, 0.15) is 17.2 Å². The molecule has 94 valence electrons. The summed E-state index contributed by atoms with van der Waals surface area (Å²) in [6, 6.07) is 13.9. The van der Waals surface area contributed by atoms with Crippen LogP contribution in [-0.2, 0) is 5.60 Å². The molecule has 2 N–H and O–H groups in total. The Hall–Kier alpha value is -2.03. The Morgan fingerprint density at radius 2 is 1.72 bits per heavy atom. The van der Waals surface area contributed by atoms with Crippen LogP contribution >= 0.6 is 0 Å². The second-order valence-corrected chi connectivity index (χ2v) is 4.66. The SMILES string of the molecule is CC(C)(Oc1cc(F)ccc1N)c1ccccc1. The van der Waals surface area contributed by atoms with Crippen LogP contribution < -0.4 is 10.5 Å². The van der Waals surface area contributed by atoms with Crippen molar-refractivity contribution in [3.8, 4) is 5.75 Å². The van der Waals surface area contributed by atoms with Crippen molar-refractivity contribution in [2.45, 2.75) is 19.4 Å². The first-order valence-electron chi connectivity index (χ1n) is 5.78. The summed E-state index contributed by atoms with van der Waals surface area (Å²) in [6.07, 6.45) is 0. The van der Waals surface area contributed by atoms with Gasteiger partial charge in [-0.25, -0.2) is 4.39 Å². The fourth-order valence-corrected chi connectivity index (χ4v) is 1.77. The van der Waals surface area contributed by atoms with Gasteiger partial charge in [0.25, 0.3) is 0 Å². The first-order chi connectivity index (χ1) is 8.49. The molecule has 0 saturated heterocycles. The number of rotatable bonds is 3. The highest BCUT2D eigenvalue weighted by atomic mass is 19.1. The molecular weight excluding hydrogens is 229 g/mol. The molecule has 0 aliphatic rings. The molecule has 2 nitrogen and oxygen atoms in total. The summed E-state index contributed by atoms with van der Waals surface area (Å²) in [5, 5.41) is 0. The Morgan fingerprint density at radius 3 is 2.39 bits per heavy atom. The largest absolute Gasteiger partial charge is 0.481 e. The zero-order valence-corrected chi connectivity index (χ0v) is 10.5. The molecule has 0 aromatic heterocycles. The van der Waals surface area contributed by atoms with Crippen LogP contribution in [0.3, 0.4) is 0 Å². The lowest BCUT2D eigenvalue weighted by molar-refractivity contribution is 0.109. The predicted molar refractivity (Wildman–Crippen MR) is 70.9 cm³/mol. The van der Waals surface area contributed by atoms with E-state index in [1.165, 1.54) is 18.2 Å². The number of ether oxygens (including phenoxy) is 1. The zero-order valence-electron chi connectivity index (χ0n) is 10.5. The van der Waals surface area contributed by atoms with Crippen LogP contribution in [0.5, 0.6) is 5.75 Å². The van der Waals surface area contributed by atoms with Crippen molar-refractivity contribution < 1.29 is 9.13 Å². The summed E-state index contributed by atoms with van der Waals surface area (Å²) in [7, 11) is 0. The van der Waals surface area contributed by atoms with Crippen molar-refractivity contribution in [1.29, 1.82) is 0 Å². The van der Waals surface area contributed by atoms with Gasteiger partial charge in [0.2, 0.25) is 0 Å². The van der Waals surface area contributed by atoms with E-state index in [9.17, 15) is 4.39 Å². The van der Waals surface area contributed by atoms with Crippen molar-refractivity contribution >= 4 is 5.69 Å². The summed E-state index contributed by atoms with van der Waals surface area (Å²) < 4.78 is 19.0. The Kier molecular flexibility index (Phi) is 3.24. The normalized spacial score (nSPS) is 11.3. The van der Waals surface area contributed by atoms with Crippen LogP contribution in [-0.4, -0.2) is 0 Å². The molecule has 0 atom stereocenters. The summed E-state index contributed by atoms with van der Waals surface area (Å²) in [5.41, 5.74) is 6.66. The van der Waals surface area contributed by atoms with Crippen molar-refractivity contribution in [1.82, 2.24) is 0 Å². The number of nitrogen functional groups attached to an aromatic ring is 1. The van der Waals surface area contributed by atoms with E-state index in [1.807, 2.05) is 44.2 Å². The van der Waals surface area contributed by atoms with Crippen LogP contribution in [0.15, 0.2) is 48.5 Å². The molecule has 18 heavy (non-hydrogen) atoms. The number of halogens is 1. The lowest BCUT2D eigenvalue weighted by Gasteiger charge is -2.27. The molecule has 3 heteroatoms. The maximum atomic E-state index is 13.2. The van der Waals surface area contributed by atoms with E-state index < -0.39 is 5.60 Å². The molecule has 0 unspecified atom stereocenters. The lowest BCUT2D eigenvalue weighted by atomic mass is 9.98. The van der Waals surface area contributed by atoms with E-state index >= 15 is 0 Å². The summed E-state index contributed by atoms with van der Waals surface area (Å²) >= 11 is 0. The minimum atomic E-state index is -0.566. The Morgan fingerprint density at radius 1 is 1.06 bits per heavy atom. The Bertz CT molecular complexity index is 537. The maximum absolute atomic E-state index is 13.2. The molecule has 0 heterocycles. The topological polar surface area (TPSA) is 35.2 Å². The lowest BCUT2D eigenvalue weighted by Crippen LogP contribution is -2.25. The van der Waals surface area contributed by atoms with Gasteiger partial charge in [-0.05, 0) is 31.5 Å². The minimum Gasteiger partial charge on any atom is -0.481 e. The van der Waals surface area contributed by atoms with Crippen molar-refractivity contribution in [2.24, 2.45) is 0 Å². The highest BCUT2D eigenvalue weighted by Crippen LogP contribution is 2.31. The van der Waals surface area contributed by atoms with Gasteiger partial charge in [-0.15, -0.1) is 0 Å². The Balaban J connectivity index is 2.30. The van der Waals surface area contributed by atoms with E-state index in [0.29, 0.717) is 11.4 Å². The van der Waals surface area contributed by atoms with Crippen molar-refractivity contribution in [3.63, 3.8) is 0 Å². The van der Waals surface area contributed by atoms with Gasteiger partial charge in [0, 0.05) is 6.07 Å². The monoisotopic (exact) mass is 245 g/mol. The van der Waals surface area contributed by atoms with Gasteiger partial charge < -0.3 is 10.5 Å². The third-order valence-electron chi connectivity index (χ3n) is 2.81. The molecule has 0 saturated carbocycles. The van der Waals surface area contributed by atoms with Gasteiger partial charge in [0.15, 0.2) is 0 Å². The molecule has 0 aliphatic carbocycles. The number of hydrogen-bond acceptors (Lipinski definition) is 2. The number of benzene rings is 2. The maximum Gasteiger partial charge on any atom is 0.146 e. The first kappa shape index (κ1) is 12.4. The van der Waals surface area contributed by atoms with Crippen LogP contribution in [0.25, 0.3) is 0 Å². The van der Waals surface area contributed by atoms with Gasteiger partial charge in [-0.2, -0.15) is 0 Å². The quantitative estimate of drug-likeness (QED) is 0.836. The molecule has 0 aliphatic heterocycles. The highest BCUT2D eigenvalue weighted by Gasteiger charge is 2.23. The van der Waals surface area contributed by atoms with Crippen LogP contribution in [0, 0.1) is 5.82 Å². The molecular formula is C15H16FNO. The molecule has 0 bridgehead atoms. The van der Waals surface area contributed by atoms with Gasteiger partial charge in [0.05, 0.1) is 5.69 Å². The van der Waals surface area contributed by atoms with E-state index in [1.54, 1.807) is 0 Å². The van der Waals surface area contributed by atoms with Gasteiger partial charge >= 0.3 is 0 Å². The summed E-state index contributed by atoms with van der Waals surface area (Å²) in [4.78, 5) is 0. The predicted octanol–water partition coefficient (Wildman–Crippen LogP) is 3.72. The highest BCUT2D eigenvalue weighted by molar-refractivity contribution is 5.52. The molecule has 0 amide bonds. The minimum absolute atomic E-state index is 0.358. The van der Waals surface area contributed by atoms with E-state index in [2.05, 4.69) is 0 Å². The fraction of sp³-hybridized carbons (Fsp3) is 0.200. The number of nitrogens with two attached hydrogens (primary N) is 1. The molecule has 0 fully saturated rings. The second kappa shape index (κ2) is 4.69. The number of anilines is 1. The molecule has 0 radical (unpaired) electrons. The standard InChI is InChI=1S/C15H16FNO/c1-15(2,11-6-4-3-5-7-11)18-14-10-12(16)8-9-13(14)17/h3-10H,17H2,1-2H3. The smallest absolute Gasteiger partial charge is 0.146 e. The van der Waals surface area contributed by atoms with Crippen LogP contribution in [0.1, 0.15) is 19.4 Å². The van der Waals surface area contributed by atoms with E-state index in [0.717, 1.165) is 5.56 Å². The van der Waals surface area contributed by atoms with Crippen molar-refractivity contribution in [2.75, 3.05) is 5.73 Å². The summed E-state index contributed by atoms with van der Waals surface area (Å²) in [5.74, 6) is 0.00640. The average Bonchev–Trinajstić information content (AvgIpc) is 2.35. The van der Waals surface area contributed by atoms with Gasteiger partial charge in [-0.1, -0.05) is 30.3 Å². The van der Waals surface area contributed by atoms with E-state index in [4.69, 9.17) is 10.5 Å². The molecule has 2 aromatic carbocycles. The second-order valence-electron chi connectivity index (χ2n) is 4.66. The van der Waals surface area contributed by atoms with Crippen LogP contribution in [0.4, 0.5) is 10.1 Å². The van der Waals surface area contributed by atoms with E-state index in [-0.39, 0.29) is 5.82 Å². The Labute approximate surface area is 106 Å². The first-order valence-corrected chi connectivity index (χ1v) is 5.78. The molecule has 0 spiro atoms. The zero-order chi connectivity index (χ0) is 13.2. The third-order valence-corrected chi connectivity index (χ3v) is 2.81.